The highest BCUT2D eigenvalue weighted by Gasteiger charge is 2.12. The second-order valence-electron chi connectivity index (χ2n) is 6.21. The predicted octanol–water partition coefficient (Wildman–Crippen LogP) is 5.42. The molecule has 26 heavy (non-hydrogen) atoms. The van der Waals surface area contributed by atoms with E-state index in [2.05, 4.69) is 22.3 Å². The van der Waals surface area contributed by atoms with E-state index >= 15 is 0 Å². The van der Waals surface area contributed by atoms with Gasteiger partial charge in [0.15, 0.2) is 5.76 Å². The zero-order valence-corrected chi connectivity index (χ0v) is 13.8. The summed E-state index contributed by atoms with van der Waals surface area (Å²) in [5, 5.41) is 15.7. The van der Waals surface area contributed by atoms with Crippen LogP contribution in [0.3, 0.4) is 0 Å². The molecule has 2 aromatic heterocycles. The third-order valence-corrected chi connectivity index (χ3v) is 4.51. The number of pyridine rings is 1. The van der Waals surface area contributed by atoms with E-state index in [1.807, 2.05) is 54.7 Å². The molecule has 124 valence electrons. The summed E-state index contributed by atoms with van der Waals surface area (Å²) in [6.07, 6.45) is 1.82. The van der Waals surface area contributed by atoms with Gasteiger partial charge in [-0.05, 0) is 35.9 Å². The Morgan fingerprint density at radius 2 is 1.62 bits per heavy atom. The van der Waals surface area contributed by atoms with Gasteiger partial charge in [-0.3, -0.25) is 4.98 Å². The number of phenolic OH excluding ortho intramolecular Hbond substituents is 1. The maximum Gasteiger partial charge on any atom is 0.174 e. The highest BCUT2D eigenvalue weighted by atomic mass is 16.5. The fraction of sp³-hybridized carbons (Fsp3) is 0. The van der Waals surface area contributed by atoms with Crippen molar-refractivity contribution < 1.29 is 9.63 Å². The lowest BCUT2D eigenvalue weighted by atomic mass is 10.0. The van der Waals surface area contributed by atoms with Crippen molar-refractivity contribution in [1.82, 2.24) is 10.1 Å². The normalized spacial score (nSPS) is 11.2. The molecule has 2 heterocycles. The van der Waals surface area contributed by atoms with Gasteiger partial charge in [-0.15, -0.1) is 0 Å². The van der Waals surface area contributed by atoms with Gasteiger partial charge >= 0.3 is 0 Å². The molecule has 4 nitrogen and oxygen atoms in total. The second-order valence-corrected chi connectivity index (χ2v) is 6.21. The quantitative estimate of drug-likeness (QED) is 0.467. The molecule has 5 rings (SSSR count). The van der Waals surface area contributed by atoms with Gasteiger partial charge in [0.2, 0.25) is 0 Å². The van der Waals surface area contributed by atoms with E-state index < -0.39 is 0 Å². The highest BCUT2D eigenvalue weighted by molar-refractivity contribution is 5.95. The van der Waals surface area contributed by atoms with Crippen LogP contribution in [0.4, 0.5) is 0 Å². The molecule has 0 aliphatic carbocycles. The van der Waals surface area contributed by atoms with E-state index in [-0.39, 0.29) is 5.75 Å². The lowest BCUT2D eigenvalue weighted by Gasteiger charge is -2.05. The molecule has 0 saturated heterocycles. The summed E-state index contributed by atoms with van der Waals surface area (Å²) < 4.78 is 5.58. The fourth-order valence-corrected chi connectivity index (χ4v) is 3.19. The number of fused-ring (bicyclic) bond motifs is 2. The monoisotopic (exact) mass is 338 g/mol. The first-order chi connectivity index (χ1) is 12.8. The first kappa shape index (κ1) is 14.7. The van der Waals surface area contributed by atoms with Gasteiger partial charge in [0, 0.05) is 28.8 Å². The summed E-state index contributed by atoms with van der Waals surface area (Å²) in [4.78, 5) is 4.47. The van der Waals surface area contributed by atoms with Crippen LogP contribution in [0.15, 0.2) is 83.5 Å². The predicted molar refractivity (Wildman–Crippen MR) is 102 cm³/mol. The Labute approximate surface area is 149 Å². The average molecular weight is 338 g/mol. The van der Waals surface area contributed by atoms with Crippen LogP contribution in [0.2, 0.25) is 0 Å². The summed E-state index contributed by atoms with van der Waals surface area (Å²) in [7, 11) is 0. The molecule has 3 aromatic carbocycles. The van der Waals surface area contributed by atoms with Crippen LogP contribution < -0.4 is 0 Å². The number of hydrogen-bond donors (Lipinski definition) is 1. The Bertz CT molecular complexity index is 1240. The number of benzene rings is 3. The van der Waals surface area contributed by atoms with Crippen molar-refractivity contribution in [2.75, 3.05) is 0 Å². The summed E-state index contributed by atoms with van der Waals surface area (Å²) in [5.74, 6) is 0.984. The van der Waals surface area contributed by atoms with Crippen LogP contribution in [0.1, 0.15) is 0 Å². The summed E-state index contributed by atoms with van der Waals surface area (Å²) in [6.45, 7) is 0. The smallest absolute Gasteiger partial charge is 0.174 e. The Kier molecular flexibility index (Phi) is 3.22. The number of phenols is 1. The molecule has 0 fully saturated rings. The van der Waals surface area contributed by atoms with Gasteiger partial charge in [0.25, 0.3) is 0 Å². The van der Waals surface area contributed by atoms with Crippen molar-refractivity contribution in [2.24, 2.45) is 0 Å². The molecule has 0 spiro atoms. The van der Waals surface area contributed by atoms with Crippen LogP contribution in [-0.2, 0) is 0 Å². The van der Waals surface area contributed by atoms with Crippen LogP contribution in [0.5, 0.6) is 5.75 Å². The lowest BCUT2D eigenvalue weighted by Crippen LogP contribution is -1.84. The van der Waals surface area contributed by atoms with E-state index in [1.165, 1.54) is 0 Å². The Morgan fingerprint density at radius 3 is 2.50 bits per heavy atom. The minimum Gasteiger partial charge on any atom is -0.508 e. The van der Waals surface area contributed by atoms with Gasteiger partial charge in [0.05, 0.1) is 10.9 Å². The molecular weight excluding hydrogens is 324 g/mol. The zero-order chi connectivity index (χ0) is 17.5. The van der Waals surface area contributed by atoms with E-state index in [1.54, 1.807) is 12.1 Å². The van der Waals surface area contributed by atoms with Crippen molar-refractivity contribution in [2.45, 2.75) is 0 Å². The Hall–Kier alpha value is -3.66. The standard InChI is InChI=1S/C22H14N2O2/c25-18-8-6-16-10-17(13-23-21(16)12-18)15-7-9-20-19(11-15)22(26-24-20)14-4-2-1-3-5-14/h1-13,25H. The van der Waals surface area contributed by atoms with Gasteiger partial charge in [-0.1, -0.05) is 41.6 Å². The van der Waals surface area contributed by atoms with Crippen molar-refractivity contribution in [1.29, 1.82) is 0 Å². The molecule has 0 radical (unpaired) electrons. The van der Waals surface area contributed by atoms with Gasteiger partial charge in [-0.2, -0.15) is 0 Å². The third kappa shape index (κ3) is 2.40. The SMILES string of the molecule is Oc1ccc2cc(-c3ccc4noc(-c5ccccc5)c4c3)cnc2c1. The number of nitrogens with zero attached hydrogens (tertiary/aromatic N) is 2. The van der Waals surface area contributed by atoms with Crippen molar-refractivity contribution in [3.8, 4) is 28.2 Å². The Balaban J connectivity index is 1.67. The maximum atomic E-state index is 9.59. The molecule has 0 unspecified atom stereocenters. The van der Waals surface area contributed by atoms with Gasteiger partial charge in [0.1, 0.15) is 11.3 Å². The van der Waals surface area contributed by atoms with Crippen LogP contribution in [-0.4, -0.2) is 15.2 Å². The number of rotatable bonds is 2. The molecule has 4 heteroatoms. The second kappa shape index (κ2) is 5.70. The van der Waals surface area contributed by atoms with E-state index in [4.69, 9.17) is 4.52 Å². The van der Waals surface area contributed by atoms with E-state index in [0.29, 0.717) is 0 Å². The van der Waals surface area contributed by atoms with Gasteiger partial charge in [-0.25, -0.2) is 0 Å². The van der Waals surface area contributed by atoms with E-state index in [0.717, 1.165) is 44.3 Å². The van der Waals surface area contributed by atoms with Crippen LogP contribution >= 0.6 is 0 Å². The molecule has 0 aliphatic heterocycles. The first-order valence-electron chi connectivity index (χ1n) is 8.32. The Morgan fingerprint density at radius 1 is 0.731 bits per heavy atom. The molecule has 0 aliphatic rings. The molecule has 0 atom stereocenters. The lowest BCUT2D eigenvalue weighted by molar-refractivity contribution is 0.441. The fourth-order valence-electron chi connectivity index (χ4n) is 3.19. The third-order valence-electron chi connectivity index (χ3n) is 4.51. The minimum absolute atomic E-state index is 0.219. The van der Waals surface area contributed by atoms with Crippen molar-refractivity contribution in [3.63, 3.8) is 0 Å². The molecule has 5 aromatic rings. The van der Waals surface area contributed by atoms with Crippen molar-refractivity contribution in [3.05, 3.63) is 79.0 Å². The molecule has 1 N–H and O–H groups in total. The number of hydrogen-bond acceptors (Lipinski definition) is 4. The number of aromatic hydroxyl groups is 1. The average Bonchev–Trinajstić information content (AvgIpc) is 3.11. The van der Waals surface area contributed by atoms with Gasteiger partial charge < -0.3 is 9.63 Å². The van der Waals surface area contributed by atoms with E-state index in [9.17, 15) is 5.11 Å². The summed E-state index contributed by atoms with van der Waals surface area (Å²) in [6, 6.07) is 23.3. The first-order valence-corrected chi connectivity index (χ1v) is 8.32. The largest absolute Gasteiger partial charge is 0.508 e. The summed E-state index contributed by atoms with van der Waals surface area (Å²) >= 11 is 0. The molecule has 0 amide bonds. The minimum atomic E-state index is 0.219. The molecule has 0 saturated carbocycles. The summed E-state index contributed by atoms with van der Waals surface area (Å²) in [5.41, 5.74) is 4.64. The zero-order valence-electron chi connectivity index (χ0n) is 13.8. The highest BCUT2D eigenvalue weighted by Crippen LogP contribution is 2.32. The number of aromatic nitrogens is 2. The topological polar surface area (TPSA) is 59.2 Å². The maximum absolute atomic E-state index is 9.59. The molecule has 0 bridgehead atoms. The van der Waals surface area contributed by atoms with Crippen LogP contribution in [0.25, 0.3) is 44.3 Å². The van der Waals surface area contributed by atoms with Crippen LogP contribution in [0, 0.1) is 0 Å². The van der Waals surface area contributed by atoms with Crippen molar-refractivity contribution >= 4 is 21.8 Å². The molecular formula is C22H14N2O2.